The van der Waals surface area contributed by atoms with E-state index in [4.69, 9.17) is 9.72 Å². The van der Waals surface area contributed by atoms with Crippen molar-refractivity contribution in [2.45, 2.75) is 13.3 Å². The summed E-state index contributed by atoms with van der Waals surface area (Å²) in [5.41, 5.74) is 6.91. The number of nitrogens with one attached hydrogen (secondary N) is 2. The Morgan fingerprint density at radius 2 is 1.97 bits per heavy atom. The molecule has 1 aromatic carbocycles. The number of hydrazone groups is 1. The summed E-state index contributed by atoms with van der Waals surface area (Å²) < 4.78 is 5.50. The molecule has 2 aliphatic rings. The Kier molecular flexibility index (Phi) is 6.21. The maximum atomic E-state index is 12.8. The zero-order valence-corrected chi connectivity index (χ0v) is 18.7. The number of rotatable bonds is 6. The fourth-order valence-corrected chi connectivity index (χ4v) is 3.82. The lowest BCUT2D eigenvalue weighted by atomic mass is 10.1. The van der Waals surface area contributed by atoms with Crippen LogP contribution in [0.1, 0.15) is 16.7 Å². The molecule has 0 unspecified atom stereocenters. The van der Waals surface area contributed by atoms with Gasteiger partial charge in [0.2, 0.25) is 5.95 Å². The second kappa shape index (κ2) is 9.75. The van der Waals surface area contributed by atoms with Crippen LogP contribution in [0.4, 0.5) is 23.3 Å². The monoisotopic (exact) mass is 456 g/mol. The third-order valence-electron chi connectivity index (χ3n) is 5.48. The molecule has 172 valence electrons. The normalized spacial score (nSPS) is 15.2. The minimum absolute atomic E-state index is 0.274. The zero-order valence-electron chi connectivity index (χ0n) is 18.7. The number of hydrogen-bond acceptors (Lipinski definition) is 9. The highest BCUT2D eigenvalue weighted by Gasteiger charge is 2.29. The molecule has 4 heterocycles. The molecule has 10 nitrogen and oxygen atoms in total. The molecular weight excluding hydrogens is 432 g/mol. The summed E-state index contributed by atoms with van der Waals surface area (Å²) in [5, 5.41) is 7.16. The first-order valence-corrected chi connectivity index (χ1v) is 11.0. The number of benzene rings is 1. The number of aryl methyl sites for hydroxylation is 1. The fraction of sp³-hybridized carbons (Fsp3) is 0.250. The van der Waals surface area contributed by atoms with Crippen LogP contribution in [0.5, 0.6) is 0 Å². The number of aliphatic imine (C=N–C) groups is 1. The predicted molar refractivity (Wildman–Crippen MR) is 131 cm³/mol. The molecule has 0 bridgehead atoms. The van der Waals surface area contributed by atoms with E-state index in [0.717, 1.165) is 22.5 Å². The molecule has 0 saturated carbocycles. The molecule has 5 rings (SSSR count). The summed E-state index contributed by atoms with van der Waals surface area (Å²) in [4.78, 5) is 32.7. The molecule has 1 saturated heterocycles. The van der Waals surface area contributed by atoms with E-state index in [1.807, 2.05) is 31.2 Å². The van der Waals surface area contributed by atoms with Crippen molar-refractivity contribution >= 4 is 41.1 Å². The van der Waals surface area contributed by atoms with Crippen LogP contribution in [-0.4, -0.2) is 59.1 Å². The van der Waals surface area contributed by atoms with Crippen LogP contribution in [0.15, 0.2) is 58.9 Å². The smallest absolute Gasteiger partial charge is 0.270 e. The molecule has 2 N–H and O–H groups in total. The number of aromatic nitrogens is 3. The van der Waals surface area contributed by atoms with Crippen LogP contribution < -0.4 is 15.6 Å². The second-order valence-electron chi connectivity index (χ2n) is 7.98. The average Bonchev–Trinajstić information content (AvgIpc) is 3.29. The molecule has 2 aromatic heterocycles. The van der Waals surface area contributed by atoms with E-state index in [2.05, 4.69) is 35.7 Å². The Hall–Kier alpha value is -4.18. The van der Waals surface area contributed by atoms with Gasteiger partial charge in [-0.2, -0.15) is 15.1 Å². The fourth-order valence-electron chi connectivity index (χ4n) is 3.82. The lowest BCUT2D eigenvalue weighted by Crippen LogP contribution is -2.37. The molecule has 10 heteroatoms. The molecule has 0 aliphatic carbocycles. The van der Waals surface area contributed by atoms with E-state index in [-0.39, 0.29) is 5.91 Å². The van der Waals surface area contributed by atoms with Gasteiger partial charge in [0.25, 0.3) is 5.91 Å². The van der Waals surface area contributed by atoms with Crippen molar-refractivity contribution in [1.82, 2.24) is 15.0 Å². The Morgan fingerprint density at radius 3 is 2.76 bits per heavy atom. The topological polar surface area (TPSA) is 117 Å². The lowest BCUT2D eigenvalue weighted by molar-refractivity contribution is -0.110. The third-order valence-corrected chi connectivity index (χ3v) is 5.48. The Morgan fingerprint density at radius 1 is 1.15 bits per heavy atom. The van der Waals surface area contributed by atoms with Gasteiger partial charge in [-0.25, -0.2) is 10.4 Å². The van der Waals surface area contributed by atoms with Crippen LogP contribution in [0.3, 0.4) is 0 Å². The largest absolute Gasteiger partial charge is 0.378 e. The van der Waals surface area contributed by atoms with Crippen molar-refractivity contribution in [3.05, 3.63) is 65.5 Å². The number of carbonyl (C=O) groups is 1. The highest BCUT2D eigenvalue weighted by atomic mass is 16.5. The van der Waals surface area contributed by atoms with Crippen LogP contribution in [0.2, 0.25) is 0 Å². The minimum atomic E-state index is -0.274. The number of anilines is 3. The summed E-state index contributed by atoms with van der Waals surface area (Å²) >= 11 is 0. The van der Waals surface area contributed by atoms with Crippen molar-refractivity contribution < 1.29 is 9.53 Å². The maximum Gasteiger partial charge on any atom is 0.270 e. The highest BCUT2D eigenvalue weighted by molar-refractivity contribution is 6.44. The summed E-state index contributed by atoms with van der Waals surface area (Å²) in [6, 6.07) is 11.5. The maximum absolute atomic E-state index is 12.8. The first kappa shape index (κ1) is 21.7. The van der Waals surface area contributed by atoms with E-state index in [1.165, 1.54) is 0 Å². The van der Waals surface area contributed by atoms with Crippen LogP contribution in [0, 0.1) is 6.92 Å². The first-order chi connectivity index (χ1) is 16.7. The molecule has 0 radical (unpaired) electrons. The first-order valence-electron chi connectivity index (χ1n) is 11.0. The summed E-state index contributed by atoms with van der Waals surface area (Å²) in [5.74, 6) is 1.27. The number of carbonyl (C=O) groups excluding carboxylic acids is 1. The Balaban J connectivity index is 1.40. The van der Waals surface area contributed by atoms with Crippen molar-refractivity contribution in [3.63, 3.8) is 0 Å². The number of pyridine rings is 1. The number of morpholine rings is 1. The summed E-state index contributed by atoms with van der Waals surface area (Å²) in [7, 11) is 0. The molecule has 2 aliphatic heterocycles. The van der Waals surface area contributed by atoms with Gasteiger partial charge in [-0.1, -0.05) is 29.8 Å². The van der Waals surface area contributed by atoms with E-state index in [1.54, 1.807) is 30.7 Å². The van der Waals surface area contributed by atoms with E-state index < -0.39 is 0 Å². The average molecular weight is 457 g/mol. The standard InChI is InChI=1S/C24H24N8O2/c1-16-3-2-4-17(13-16)15-26-31-24-29-21-19(22(30-24)32-9-11-34-12-10-32)14-20(28-21)23(33)27-18-5-7-25-8-6-18/h2-8,13,15H,9-12,14H2,1H3,(H,25,27,33)(H,29,30,31)/b26-15+. The molecule has 0 atom stereocenters. The van der Waals surface area contributed by atoms with E-state index >= 15 is 0 Å². The van der Waals surface area contributed by atoms with Gasteiger partial charge in [-0.3, -0.25) is 9.78 Å². The summed E-state index contributed by atoms with van der Waals surface area (Å²) in [6.07, 6.45) is 5.32. The summed E-state index contributed by atoms with van der Waals surface area (Å²) in [6.45, 7) is 4.66. The van der Waals surface area contributed by atoms with Gasteiger partial charge in [-0.15, -0.1) is 0 Å². The van der Waals surface area contributed by atoms with Crippen LogP contribution in [0.25, 0.3) is 0 Å². The molecule has 34 heavy (non-hydrogen) atoms. The minimum Gasteiger partial charge on any atom is -0.378 e. The van der Waals surface area contributed by atoms with Gasteiger partial charge in [0.1, 0.15) is 11.5 Å². The van der Waals surface area contributed by atoms with Crippen molar-refractivity contribution in [2.24, 2.45) is 10.1 Å². The Labute approximate surface area is 196 Å². The lowest BCUT2D eigenvalue weighted by Gasteiger charge is -2.29. The van der Waals surface area contributed by atoms with Crippen molar-refractivity contribution in [2.75, 3.05) is 41.9 Å². The number of ether oxygens (including phenoxy) is 1. The molecule has 0 spiro atoms. The SMILES string of the molecule is Cc1cccc(/C=N/Nc2nc3c(c(N4CCOCC4)n2)CC(C(=O)Nc2ccncc2)=N3)c1. The molecular formula is C24H24N8O2. The van der Waals surface area contributed by atoms with Gasteiger partial charge in [-0.05, 0) is 24.6 Å². The second-order valence-corrected chi connectivity index (χ2v) is 7.98. The number of nitrogens with zero attached hydrogens (tertiary/aromatic N) is 6. The van der Waals surface area contributed by atoms with Gasteiger partial charge >= 0.3 is 0 Å². The van der Waals surface area contributed by atoms with Crippen molar-refractivity contribution in [1.29, 1.82) is 0 Å². The van der Waals surface area contributed by atoms with Crippen LogP contribution in [-0.2, 0) is 16.0 Å². The van der Waals surface area contributed by atoms with Gasteiger partial charge in [0.15, 0.2) is 5.82 Å². The van der Waals surface area contributed by atoms with Crippen LogP contribution >= 0.6 is 0 Å². The molecule has 1 fully saturated rings. The van der Waals surface area contributed by atoms with E-state index in [9.17, 15) is 4.79 Å². The predicted octanol–water partition coefficient (Wildman–Crippen LogP) is 2.73. The molecule has 1 amide bonds. The highest BCUT2D eigenvalue weighted by Crippen LogP contribution is 2.34. The quantitative estimate of drug-likeness (QED) is 0.433. The van der Waals surface area contributed by atoms with Gasteiger partial charge in [0, 0.05) is 43.2 Å². The van der Waals surface area contributed by atoms with Gasteiger partial charge in [0.05, 0.1) is 19.4 Å². The van der Waals surface area contributed by atoms with Gasteiger partial charge < -0.3 is 15.0 Å². The van der Waals surface area contributed by atoms with Crippen molar-refractivity contribution in [3.8, 4) is 0 Å². The van der Waals surface area contributed by atoms with E-state index in [0.29, 0.717) is 55.9 Å². The molecule has 3 aromatic rings. The number of amides is 1. The number of hydrogen-bond donors (Lipinski definition) is 2. The third kappa shape index (κ3) is 4.91. The zero-order chi connectivity index (χ0) is 23.3. The number of fused-ring (bicyclic) bond motifs is 1. The Bertz CT molecular complexity index is 1250.